The monoisotopic (exact) mass is 358 g/mol. The Kier molecular flexibility index (Phi) is 6.95. The van der Waals surface area contributed by atoms with Gasteiger partial charge >= 0.3 is 5.97 Å². The number of esters is 1. The van der Waals surface area contributed by atoms with Crippen molar-refractivity contribution < 1.29 is 14.3 Å². The zero-order valence-corrected chi connectivity index (χ0v) is 14.6. The van der Waals surface area contributed by atoms with Crippen LogP contribution < -0.4 is 0 Å². The van der Waals surface area contributed by atoms with Crippen LogP contribution in [0.5, 0.6) is 0 Å². The Morgan fingerprint density at radius 3 is 2.57 bits per heavy atom. The first-order valence-electron chi connectivity index (χ1n) is 7.22. The maximum Gasteiger partial charge on any atom is 0.325 e. The van der Waals surface area contributed by atoms with E-state index in [0.29, 0.717) is 12.3 Å². The molecule has 1 heterocycles. The lowest BCUT2D eigenvalue weighted by atomic mass is 10.2. The van der Waals surface area contributed by atoms with Gasteiger partial charge in [-0.25, -0.2) is 0 Å². The number of hydrogen-bond donors (Lipinski definition) is 0. The first-order valence-corrected chi connectivity index (χ1v) is 8.02. The molecule has 0 bridgehead atoms. The molecular weight excluding hydrogens is 336 g/mol. The molecule has 0 unspecified atom stereocenters. The summed E-state index contributed by atoms with van der Waals surface area (Å²) < 4.78 is 7.71. The van der Waals surface area contributed by atoms with E-state index >= 15 is 0 Å². The highest BCUT2D eigenvalue weighted by Gasteiger charge is 2.24. The molecular formula is C15H23BrN2O3. The fourth-order valence-corrected chi connectivity index (χ4v) is 2.53. The van der Waals surface area contributed by atoms with E-state index in [0.717, 1.165) is 17.4 Å². The lowest BCUT2D eigenvalue weighted by Gasteiger charge is -2.26. The van der Waals surface area contributed by atoms with Crippen molar-refractivity contribution in [3.63, 3.8) is 0 Å². The Hall–Kier alpha value is -1.30. The molecule has 0 atom stereocenters. The Bertz CT molecular complexity index is 497. The van der Waals surface area contributed by atoms with Gasteiger partial charge in [0.25, 0.3) is 5.91 Å². The van der Waals surface area contributed by atoms with E-state index in [2.05, 4.69) is 22.9 Å². The molecule has 1 rings (SSSR count). The molecule has 0 aromatic carbocycles. The normalized spacial score (nSPS) is 10.8. The fraction of sp³-hybridized carbons (Fsp3) is 0.600. The summed E-state index contributed by atoms with van der Waals surface area (Å²) in [6.45, 7) is 8.64. The molecule has 21 heavy (non-hydrogen) atoms. The van der Waals surface area contributed by atoms with E-state index in [4.69, 9.17) is 4.74 Å². The number of aryl methyl sites for hydroxylation is 1. The molecule has 0 aliphatic rings. The topological polar surface area (TPSA) is 51.5 Å². The third kappa shape index (κ3) is 4.88. The molecule has 1 aromatic heterocycles. The number of amides is 1. The van der Waals surface area contributed by atoms with Gasteiger partial charge in [0.15, 0.2) is 0 Å². The second-order valence-corrected chi connectivity index (χ2v) is 5.98. The minimum Gasteiger partial charge on any atom is -0.465 e. The van der Waals surface area contributed by atoms with Gasteiger partial charge in [0.1, 0.15) is 12.2 Å². The van der Waals surface area contributed by atoms with E-state index in [-0.39, 0.29) is 24.5 Å². The lowest BCUT2D eigenvalue weighted by Crippen LogP contribution is -2.42. The van der Waals surface area contributed by atoms with E-state index in [1.54, 1.807) is 13.0 Å². The molecule has 0 spiro atoms. The number of nitrogens with zero attached hydrogens (tertiary/aromatic N) is 2. The average Bonchev–Trinajstić information content (AvgIpc) is 2.77. The van der Waals surface area contributed by atoms with Crippen LogP contribution in [0, 0.1) is 0 Å². The van der Waals surface area contributed by atoms with Gasteiger partial charge in [0.05, 0.1) is 6.61 Å². The van der Waals surface area contributed by atoms with Crippen molar-refractivity contribution in [2.75, 3.05) is 13.2 Å². The summed E-state index contributed by atoms with van der Waals surface area (Å²) in [7, 11) is 0. The third-order valence-corrected chi connectivity index (χ3v) is 3.47. The van der Waals surface area contributed by atoms with Gasteiger partial charge in [0.2, 0.25) is 0 Å². The van der Waals surface area contributed by atoms with E-state index < -0.39 is 0 Å². The number of ether oxygens (including phenoxy) is 1. The summed E-state index contributed by atoms with van der Waals surface area (Å²) in [6, 6.07) is 1.71. The summed E-state index contributed by atoms with van der Waals surface area (Å²) in [5.74, 6) is -0.538. The summed E-state index contributed by atoms with van der Waals surface area (Å²) in [6.07, 6.45) is 2.82. The van der Waals surface area contributed by atoms with Gasteiger partial charge in [-0.05, 0) is 49.2 Å². The maximum absolute atomic E-state index is 12.7. The van der Waals surface area contributed by atoms with Crippen LogP contribution in [0.4, 0.5) is 0 Å². The molecule has 0 radical (unpaired) electrons. The fourth-order valence-electron chi connectivity index (χ4n) is 2.06. The molecule has 118 valence electrons. The largest absolute Gasteiger partial charge is 0.465 e. The molecule has 5 nitrogen and oxygen atoms in total. The van der Waals surface area contributed by atoms with Crippen LogP contribution in [0.25, 0.3) is 0 Å². The SMILES string of the molecule is CCCn1cc(Br)cc1C(=O)N(CC(=O)OCC)C(C)C. The third-order valence-electron chi connectivity index (χ3n) is 3.04. The quantitative estimate of drug-likeness (QED) is 0.703. The number of rotatable bonds is 7. The van der Waals surface area contributed by atoms with Crippen LogP contribution >= 0.6 is 15.9 Å². The molecule has 0 aliphatic carbocycles. The summed E-state index contributed by atoms with van der Waals surface area (Å²) in [5.41, 5.74) is 0.585. The highest BCUT2D eigenvalue weighted by molar-refractivity contribution is 9.10. The Balaban J connectivity index is 2.98. The number of hydrogen-bond acceptors (Lipinski definition) is 3. The first kappa shape index (κ1) is 17.8. The van der Waals surface area contributed by atoms with Crippen LogP contribution in [0.2, 0.25) is 0 Å². The van der Waals surface area contributed by atoms with E-state index in [1.807, 2.05) is 24.6 Å². The van der Waals surface area contributed by atoms with Crippen LogP contribution in [0.3, 0.4) is 0 Å². The highest BCUT2D eigenvalue weighted by atomic mass is 79.9. The van der Waals surface area contributed by atoms with Crippen LogP contribution in [0.1, 0.15) is 44.6 Å². The first-order chi connectivity index (χ1) is 9.90. The number of aromatic nitrogens is 1. The van der Waals surface area contributed by atoms with Gasteiger partial charge in [0, 0.05) is 23.3 Å². The molecule has 6 heteroatoms. The molecule has 0 saturated heterocycles. The van der Waals surface area contributed by atoms with Gasteiger partial charge in [-0.2, -0.15) is 0 Å². The smallest absolute Gasteiger partial charge is 0.325 e. The standard InChI is InChI=1S/C15H23BrN2O3/c1-5-7-17-9-12(16)8-13(17)15(20)18(11(3)4)10-14(19)21-6-2/h8-9,11H,5-7,10H2,1-4H3. The second-order valence-electron chi connectivity index (χ2n) is 5.07. The molecule has 1 aromatic rings. The van der Waals surface area contributed by atoms with E-state index in [9.17, 15) is 9.59 Å². The maximum atomic E-state index is 12.7. The van der Waals surface area contributed by atoms with Gasteiger partial charge in [-0.3, -0.25) is 9.59 Å². The zero-order chi connectivity index (χ0) is 16.0. The number of carbonyl (C=O) groups is 2. The predicted molar refractivity (Wildman–Crippen MR) is 85.2 cm³/mol. The minimum atomic E-state index is -0.382. The summed E-state index contributed by atoms with van der Waals surface area (Å²) >= 11 is 3.40. The Labute approximate surface area is 134 Å². The van der Waals surface area contributed by atoms with Crippen molar-refractivity contribution in [2.45, 2.75) is 46.7 Å². The van der Waals surface area contributed by atoms with Crippen LogP contribution in [0.15, 0.2) is 16.7 Å². The highest BCUT2D eigenvalue weighted by Crippen LogP contribution is 2.18. The summed E-state index contributed by atoms with van der Waals surface area (Å²) in [4.78, 5) is 25.9. The molecule has 1 amide bonds. The lowest BCUT2D eigenvalue weighted by molar-refractivity contribution is -0.144. The van der Waals surface area contributed by atoms with E-state index in [1.165, 1.54) is 4.90 Å². The molecule has 0 aliphatic heterocycles. The molecule has 0 fully saturated rings. The molecule has 0 N–H and O–H groups in total. The van der Waals surface area contributed by atoms with Crippen molar-refractivity contribution in [1.29, 1.82) is 0 Å². The van der Waals surface area contributed by atoms with Crippen molar-refractivity contribution in [1.82, 2.24) is 9.47 Å². The van der Waals surface area contributed by atoms with Crippen molar-refractivity contribution in [3.8, 4) is 0 Å². The van der Waals surface area contributed by atoms with Gasteiger partial charge in [-0.15, -0.1) is 0 Å². The van der Waals surface area contributed by atoms with Gasteiger partial charge in [-0.1, -0.05) is 6.92 Å². The Morgan fingerprint density at radius 1 is 1.38 bits per heavy atom. The van der Waals surface area contributed by atoms with Gasteiger partial charge < -0.3 is 14.2 Å². The van der Waals surface area contributed by atoms with Crippen LogP contribution in [-0.2, 0) is 16.1 Å². The second kappa shape index (κ2) is 8.22. The Morgan fingerprint density at radius 2 is 2.05 bits per heavy atom. The minimum absolute atomic E-state index is 0.0285. The predicted octanol–water partition coefficient (Wildman–Crippen LogP) is 3.07. The number of carbonyl (C=O) groups excluding carboxylic acids is 2. The van der Waals surface area contributed by atoms with Crippen molar-refractivity contribution in [3.05, 3.63) is 22.4 Å². The zero-order valence-electron chi connectivity index (χ0n) is 13.1. The number of halogens is 1. The average molecular weight is 359 g/mol. The summed E-state index contributed by atoms with van der Waals surface area (Å²) in [5, 5.41) is 0. The van der Waals surface area contributed by atoms with Crippen molar-refractivity contribution in [2.24, 2.45) is 0 Å². The van der Waals surface area contributed by atoms with Crippen molar-refractivity contribution >= 4 is 27.8 Å². The molecule has 0 saturated carbocycles. The van der Waals surface area contributed by atoms with Crippen LogP contribution in [-0.4, -0.2) is 40.5 Å².